The number of methoxy groups -OCH3 is 1. The third kappa shape index (κ3) is 3.89. The van der Waals surface area contributed by atoms with Crippen molar-refractivity contribution in [3.8, 4) is 5.75 Å². The summed E-state index contributed by atoms with van der Waals surface area (Å²) in [5.41, 5.74) is 2.88. The number of fused-ring (bicyclic) bond motifs is 1. The van der Waals surface area contributed by atoms with Gasteiger partial charge in [0.25, 0.3) is 0 Å². The quantitative estimate of drug-likeness (QED) is 0.496. The average Bonchev–Trinajstić information content (AvgIpc) is 2.77. The van der Waals surface area contributed by atoms with Gasteiger partial charge < -0.3 is 4.74 Å². The minimum atomic E-state index is -0.771. The van der Waals surface area contributed by atoms with Crippen LogP contribution in [0.25, 0.3) is 5.57 Å². The van der Waals surface area contributed by atoms with Crippen molar-refractivity contribution in [1.82, 2.24) is 0 Å². The lowest BCUT2D eigenvalue weighted by Gasteiger charge is -2.29. The molecule has 2 aromatic carbocycles. The SMILES string of the molecule is CCCC1CCC(c2ccc(C3=CCc4c(ccc(OC)c4F)C3)c(F)c2F)CC1. The Balaban J connectivity index is 1.55. The molecule has 160 valence electrons. The highest BCUT2D eigenvalue weighted by Gasteiger charge is 2.27. The van der Waals surface area contributed by atoms with Gasteiger partial charge >= 0.3 is 0 Å². The van der Waals surface area contributed by atoms with Crippen LogP contribution in [0, 0.1) is 23.4 Å². The first-order chi connectivity index (χ1) is 14.5. The van der Waals surface area contributed by atoms with Gasteiger partial charge in [-0.15, -0.1) is 0 Å². The molecule has 1 saturated carbocycles. The van der Waals surface area contributed by atoms with Crippen LogP contribution in [0.1, 0.15) is 73.6 Å². The van der Waals surface area contributed by atoms with E-state index in [1.807, 2.05) is 6.07 Å². The van der Waals surface area contributed by atoms with E-state index in [-0.39, 0.29) is 23.0 Å². The zero-order chi connectivity index (χ0) is 21.3. The van der Waals surface area contributed by atoms with Crippen LogP contribution in [0.5, 0.6) is 5.75 Å². The molecular weight excluding hydrogens is 385 g/mol. The monoisotopic (exact) mass is 414 g/mol. The van der Waals surface area contributed by atoms with E-state index in [9.17, 15) is 4.39 Å². The maximum atomic E-state index is 15.1. The van der Waals surface area contributed by atoms with E-state index >= 15 is 8.78 Å². The Bertz CT molecular complexity index is 955. The molecule has 0 aliphatic heterocycles. The number of benzene rings is 2. The van der Waals surface area contributed by atoms with E-state index in [1.54, 1.807) is 24.3 Å². The number of allylic oxidation sites excluding steroid dienone is 2. The van der Waals surface area contributed by atoms with Gasteiger partial charge in [0.15, 0.2) is 23.2 Å². The van der Waals surface area contributed by atoms with E-state index in [4.69, 9.17) is 4.74 Å². The van der Waals surface area contributed by atoms with E-state index in [0.717, 1.165) is 37.2 Å². The number of hydrogen-bond donors (Lipinski definition) is 0. The van der Waals surface area contributed by atoms with Gasteiger partial charge in [-0.3, -0.25) is 0 Å². The van der Waals surface area contributed by atoms with Crippen LogP contribution in [-0.4, -0.2) is 7.11 Å². The van der Waals surface area contributed by atoms with Gasteiger partial charge in [0.2, 0.25) is 0 Å². The largest absolute Gasteiger partial charge is 0.494 e. The molecule has 2 aliphatic carbocycles. The summed E-state index contributed by atoms with van der Waals surface area (Å²) in [5, 5.41) is 0. The van der Waals surface area contributed by atoms with Crippen molar-refractivity contribution >= 4 is 5.57 Å². The lowest BCUT2D eigenvalue weighted by molar-refractivity contribution is 0.303. The fourth-order valence-corrected chi connectivity index (χ4v) is 5.19. The van der Waals surface area contributed by atoms with Crippen molar-refractivity contribution in [3.63, 3.8) is 0 Å². The molecule has 1 fully saturated rings. The summed E-state index contributed by atoms with van der Waals surface area (Å²) in [6, 6.07) is 6.87. The first-order valence-electron chi connectivity index (χ1n) is 11.0. The predicted octanol–water partition coefficient (Wildman–Crippen LogP) is 7.37. The van der Waals surface area contributed by atoms with Gasteiger partial charge in [-0.25, -0.2) is 13.2 Å². The summed E-state index contributed by atoms with van der Waals surface area (Å²) in [7, 11) is 1.44. The van der Waals surface area contributed by atoms with E-state index < -0.39 is 11.6 Å². The van der Waals surface area contributed by atoms with Gasteiger partial charge in [0, 0.05) is 5.56 Å². The molecule has 30 heavy (non-hydrogen) atoms. The average molecular weight is 415 g/mol. The normalized spacial score (nSPS) is 21.2. The van der Waals surface area contributed by atoms with Crippen molar-refractivity contribution in [1.29, 1.82) is 0 Å². The summed E-state index contributed by atoms with van der Waals surface area (Å²) in [5.74, 6) is -0.813. The minimum Gasteiger partial charge on any atom is -0.494 e. The zero-order valence-electron chi connectivity index (χ0n) is 17.7. The molecule has 4 heteroatoms. The van der Waals surface area contributed by atoms with Gasteiger partial charge in [-0.1, -0.05) is 44.0 Å². The molecule has 4 rings (SSSR count). The van der Waals surface area contributed by atoms with E-state index in [1.165, 1.54) is 20.0 Å². The third-order valence-corrected chi connectivity index (χ3v) is 6.90. The molecule has 0 N–H and O–H groups in total. The fraction of sp³-hybridized carbons (Fsp3) is 0.462. The zero-order valence-corrected chi connectivity index (χ0v) is 17.7. The maximum Gasteiger partial charge on any atom is 0.168 e. The summed E-state index contributed by atoms with van der Waals surface area (Å²) in [6.07, 6.45) is 8.99. The molecule has 2 aromatic rings. The molecule has 0 saturated heterocycles. The van der Waals surface area contributed by atoms with Gasteiger partial charge in [-0.2, -0.15) is 0 Å². The van der Waals surface area contributed by atoms with Gasteiger partial charge in [0.05, 0.1) is 7.11 Å². The topological polar surface area (TPSA) is 9.23 Å². The minimum absolute atomic E-state index is 0.101. The van der Waals surface area contributed by atoms with Crippen LogP contribution in [0.4, 0.5) is 13.2 Å². The summed E-state index contributed by atoms with van der Waals surface area (Å²) >= 11 is 0. The molecule has 0 unspecified atom stereocenters. The van der Waals surface area contributed by atoms with E-state index in [0.29, 0.717) is 29.5 Å². The number of rotatable bonds is 5. The smallest absolute Gasteiger partial charge is 0.168 e. The number of ether oxygens (including phenoxy) is 1. The van der Waals surface area contributed by atoms with Crippen molar-refractivity contribution in [3.05, 3.63) is 70.0 Å². The van der Waals surface area contributed by atoms with Crippen molar-refractivity contribution in [2.45, 2.75) is 64.2 Å². The Morgan fingerprint density at radius 2 is 1.70 bits per heavy atom. The first kappa shape index (κ1) is 21.0. The molecule has 0 atom stereocenters. The van der Waals surface area contributed by atoms with Crippen LogP contribution < -0.4 is 4.74 Å². The molecule has 0 spiro atoms. The molecule has 0 amide bonds. The summed E-state index contributed by atoms with van der Waals surface area (Å²) in [4.78, 5) is 0. The van der Waals surface area contributed by atoms with Crippen LogP contribution in [0.2, 0.25) is 0 Å². The Morgan fingerprint density at radius 1 is 0.933 bits per heavy atom. The second kappa shape index (κ2) is 8.87. The predicted molar refractivity (Wildman–Crippen MR) is 114 cm³/mol. The first-order valence-corrected chi connectivity index (χ1v) is 11.0. The third-order valence-electron chi connectivity index (χ3n) is 6.90. The summed E-state index contributed by atoms with van der Waals surface area (Å²) in [6.45, 7) is 2.20. The van der Waals surface area contributed by atoms with E-state index in [2.05, 4.69) is 6.92 Å². The number of halogens is 3. The maximum absolute atomic E-state index is 15.1. The standard InChI is InChI=1S/C26H29F3O/c1-3-4-16-5-7-17(8-6-16)20-12-13-22(26(29)25(20)28)18-9-11-21-19(15-18)10-14-23(30-2)24(21)27/h9-10,12-14,16-17H,3-8,11,15H2,1-2H3. The Kier molecular flexibility index (Phi) is 6.21. The highest BCUT2D eigenvalue weighted by molar-refractivity contribution is 5.71. The molecular formula is C26H29F3O. The lowest BCUT2D eigenvalue weighted by atomic mass is 9.76. The molecule has 1 nitrogen and oxygen atoms in total. The Hall–Kier alpha value is -2.23. The number of hydrogen-bond acceptors (Lipinski definition) is 1. The lowest BCUT2D eigenvalue weighted by Crippen LogP contribution is -2.15. The van der Waals surface area contributed by atoms with Crippen LogP contribution >= 0.6 is 0 Å². The highest BCUT2D eigenvalue weighted by Crippen LogP contribution is 2.40. The Labute approximate surface area is 177 Å². The Morgan fingerprint density at radius 3 is 2.40 bits per heavy atom. The van der Waals surface area contributed by atoms with Crippen molar-refractivity contribution < 1.29 is 17.9 Å². The highest BCUT2D eigenvalue weighted by atomic mass is 19.2. The second-order valence-electron chi connectivity index (χ2n) is 8.67. The van der Waals surface area contributed by atoms with Gasteiger partial charge in [-0.05, 0) is 78.7 Å². The van der Waals surface area contributed by atoms with Crippen LogP contribution in [0.3, 0.4) is 0 Å². The molecule has 0 heterocycles. The molecule has 0 aromatic heterocycles. The van der Waals surface area contributed by atoms with Crippen molar-refractivity contribution in [2.75, 3.05) is 7.11 Å². The van der Waals surface area contributed by atoms with Crippen molar-refractivity contribution in [2.24, 2.45) is 5.92 Å². The fourth-order valence-electron chi connectivity index (χ4n) is 5.19. The van der Waals surface area contributed by atoms with Crippen LogP contribution in [0.15, 0.2) is 30.3 Å². The van der Waals surface area contributed by atoms with Gasteiger partial charge in [0.1, 0.15) is 0 Å². The molecule has 0 bridgehead atoms. The second-order valence-corrected chi connectivity index (χ2v) is 8.67. The summed E-state index contributed by atoms with van der Waals surface area (Å²) < 4.78 is 49.6. The molecule has 2 aliphatic rings. The molecule has 0 radical (unpaired) electrons. The van der Waals surface area contributed by atoms with Crippen LogP contribution in [-0.2, 0) is 12.8 Å².